The van der Waals surface area contributed by atoms with Gasteiger partial charge in [0.1, 0.15) is 11.9 Å². The molecule has 2 amide bonds. The largest absolute Gasteiger partial charge is 0.497 e. The molecule has 0 bridgehead atoms. The van der Waals surface area contributed by atoms with Crippen molar-refractivity contribution in [3.8, 4) is 5.75 Å². The van der Waals surface area contributed by atoms with Gasteiger partial charge in [0.05, 0.1) is 18.5 Å². The molecule has 7 nitrogen and oxygen atoms in total. The van der Waals surface area contributed by atoms with Crippen LogP contribution in [0.4, 0.5) is 17.1 Å². The Balaban J connectivity index is 1.71. The van der Waals surface area contributed by atoms with Crippen molar-refractivity contribution in [2.24, 2.45) is 0 Å². The Bertz CT molecular complexity index is 816. The number of hydrogen-bond acceptors (Lipinski definition) is 5. The lowest BCUT2D eigenvalue weighted by Crippen LogP contribution is -2.27. The van der Waals surface area contributed by atoms with Crippen molar-refractivity contribution in [1.29, 1.82) is 0 Å². The highest BCUT2D eigenvalue weighted by atomic mass is 16.5. The maximum absolute atomic E-state index is 12.5. The van der Waals surface area contributed by atoms with E-state index in [1.54, 1.807) is 42.5 Å². The van der Waals surface area contributed by atoms with E-state index in [0.717, 1.165) is 6.42 Å². The number of carbonyl (C=O) groups is 2. The van der Waals surface area contributed by atoms with Crippen LogP contribution in [0.15, 0.2) is 42.5 Å². The van der Waals surface area contributed by atoms with Crippen LogP contribution in [-0.4, -0.2) is 31.6 Å². The van der Waals surface area contributed by atoms with E-state index in [4.69, 9.17) is 15.2 Å². The van der Waals surface area contributed by atoms with Gasteiger partial charge in [0.2, 0.25) is 0 Å². The highest BCUT2D eigenvalue weighted by molar-refractivity contribution is 6.07. The molecule has 1 aliphatic heterocycles. The van der Waals surface area contributed by atoms with E-state index in [1.165, 1.54) is 7.11 Å². The molecule has 0 radical (unpaired) electrons. The topological polar surface area (TPSA) is 103 Å². The van der Waals surface area contributed by atoms with Crippen LogP contribution in [0.1, 0.15) is 23.2 Å². The molecule has 0 aliphatic carbocycles. The van der Waals surface area contributed by atoms with Gasteiger partial charge in [0.25, 0.3) is 11.8 Å². The first kappa shape index (κ1) is 17.8. The van der Waals surface area contributed by atoms with E-state index in [0.29, 0.717) is 41.4 Å². The lowest BCUT2D eigenvalue weighted by molar-refractivity contribution is -0.124. The third kappa shape index (κ3) is 4.12. The standard InChI is InChI=1S/C19H21N3O4/c1-25-14-7-8-15(20)16(11-14)22-18(23)12-4-2-5-13(10-12)21-19(24)17-6-3-9-26-17/h2,4-5,7-8,10-11,17H,3,6,9,20H2,1H3,(H,21,24)(H,22,23). The van der Waals surface area contributed by atoms with E-state index in [2.05, 4.69) is 10.6 Å². The van der Waals surface area contributed by atoms with Gasteiger partial charge in [-0.2, -0.15) is 0 Å². The molecule has 1 heterocycles. The maximum Gasteiger partial charge on any atom is 0.255 e. The smallest absolute Gasteiger partial charge is 0.255 e. The molecule has 1 atom stereocenters. The molecule has 2 aromatic rings. The van der Waals surface area contributed by atoms with Crippen LogP contribution in [0.25, 0.3) is 0 Å². The van der Waals surface area contributed by atoms with Crippen molar-refractivity contribution in [3.05, 3.63) is 48.0 Å². The van der Waals surface area contributed by atoms with Crippen molar-refractivity contribution in [2.75, 3.05) is 30.1 Å². The average molecular weight is 355 g/mol. The zero-order valence-electron chi connectivity index (χ0n) is 14.5. The van der Waals surface area contributed by atoms with Crippen molar-refractivity contribution >= 4 is 28.9 Å². The Kier molecular flexibility index (Phi) is 5.38. The fourth-order valence-electron chi connectivity index (χ4n) is 2.71. The van der Waals surface area contributed by atoms with Crippen LogP contribution in [0.5, 0.6) is 5.75 Å². The van der Waals surface area contributed by atoms with Crippen molar-refractivity contribution in [2.45, 2.75) is 18.9 Å². The zero-order chi connectivity index (χ0) is 18.5. The summed E-state index contributed by atoms with van der Waals surface area (Å²) in [4.78, 5) is 24.7. The minimum Gasteiger partial charge on any atom is -0.497 e. The van der Waals surface area contributed by atoms with Crippen LogP contribution in [-0.2, 0) is 9.53 Å². The van der Waals surface area contributed by atoms with Crippen molar-refractivity contribution in [1.82, 2.24) is 0 Å². The number of carbonyl (C=O) groups excluding carboxylic acids is 2. The Morgan fingerprint density at radius 2 is 2.04 bits per heavy atom. The third-order valence-corrected chi connectivity index (χ3v) is 4.12. The van der Waals surface area contributed by atoms with Gasteiger partial charge in [-0.3, -0.25) is 9.59 Å². The molecule has 4 N–H and O–H groups in total. The number of hydrogen-bond donors (Lipinski definition) is 3. The number of anilines is 3. The molecular weight excluding hydrogens is 334 g/mol. The van der Waals surface area contributed by atoms with E-state index >= 15 is 0 Å². The molecule has 136 valence electrons. The first-order valence-corrected chi connectivity index (χ1v) is 8.34. The Morgan fingerprint density at radius 3 is 2.77 bits per heavy atom. The van der Waals surface area contributed by atoms with Gasteiger partial charge >= 0.3 is 0 Å². The monoisotopic (exact) mass is 355 g/mol. The first-order chi connectivity index (χ1) is 12.6. The second kappa shape index (κ2) is 7.88. The predicted octanol–water partition coefficient (Wildman–Crippen LogP) is 2.65. The molecule has 0 saturated carbocycles. The van der Waals surface area contributed by atoms with E-state index in [9.17, 15) is 9.59 Å². The number of nitrogens with two attached hydrogens (primary N) is 1. The predicted molar refractivity (Wildman–Crippen MR) is 99.4 cm³/mol. The SMILES string of the molecule is COc1ccc(N)c(NC(=O)c2cccc(NC(=O)C3CCCO3)c2)c1. The van der Waals surface area contributed by atoms with Gasteiger partial charge in [0, 0.05) is 23.9 Å². The van der Waals surface area contributed by atoms with Crippen molar-refractivity contribution in [3.63, 3.8) is 0 Å². The summed E-state index contributed by atoms with van der Waals surface area (Å²) in [5, 5.41) is 5.54. The second-order valence-electron chi connectivity index (χ2n) is 5.98. The summed E-state index contributed by atoms with van der Waals surface area (Å²) >= 11 is 0. The Morgan fingerprint density at radius 1 is 1.19 bits per heavy atom. The summed E-state index contributed by atoms with van der Waals surface area (Å²) in [7, 11) is 1.54. The van der Waals surface area contributed by atoms with Gasteiger partial charge in [-0.25, -0.2) is 0 Å². The van der Waals surface area contributed by atoms with Gasteiger partial charge in [-0.05, 0) is 43.2 Å². The highest BCUT2D eigenvalue weighted by Crippen LogP contribution is 2.25. The second-order valence-corrected chi connectivity index (χ2v) is 5.98. The molecular formula is C19H21N3O4. The summed E-state index contributed by atoms with van der Waals surface area (Å²) in [6.07, 6.45) is 1.16. The highest BCUT2D eigenvalue weighted by Gasteiger charge is 2.23. The molecule has 1 fully saturated rings. The van der Waals surface area contributed by atoms with Crippen LogP contribution in [0, 0.1) is 0 Å². The number of amides is 2. The number of nitrogen functional groups attached to an aromatic ring is 1. The maximum atomic E-state index is 12.5. The van der Waals surface area contributed by atoms with Crippen LogP contribution < -0.4 is 21.1 Å². The lowest BCUT2D eigenvalue weighted by atomic mass is 10.1. The van der Waals surface area contributed by atoms with Gasteiger partial charge in [-0.15, -0.1) is 0 Å². The van der Waals surface area contributed by atoms with Crippen LogP contribution >= 0.6 is 0 Å². The molecule has 0 spiro atoms. The molecule has 1 saturated heterocycles. The van der Waals surface area contributed by atoms with Crippen LogP contribution in [0.2, 0.25) is 0 Å². The third-order valence-electron chi connectivity index (χ3n) is 4.12. The summed E-state index contributed by atoms with van der Waals surface area (Å²) in [5.74, 6) is 0.0577. The number of methoxy groups -OCH3 is 1. The summed E-state index contributed by atoms with van der Waals surface area (Å²) in [5.41, 5.74) is 7.73. The fourth-order valence-corrected chi connectivity index (χ4v) is 2.71. The van der Waals surface area contributed by atoms with Gasteiger partial charge < -0.3 is 25.8 Å². The molecule has 1 unspecified atom stereocenters. The number of benzene rings is 2. The zero-order valence-corrected chi connectivity index (χ0v) is 14.5. The minimum absolute atomic E-state index is 0.197. The normalized spacial score (nSPS) is 16.1. The molecule has 26 heavy (non-hydrogen) atoms. The average Bonchev–Trinajstić information content (AvgIpc) is 3.18. The van der Waals surface area contributed by atoms with Crippen molar-refractivity contribution < 1.29 is 19.1 Å². The van der Waals surface area contributed by atoms with E-state index in [-0.39, 0.29) is 11.8 Å². The van der Waals surface area contributed by atoms with E-state index < -0.39 is 6.10 Å². The quantitative estimate of drug-likeness (QED) is 0.716. The first-order valence-electron chi connectivity index (χ1n) is 8.34. The summed E-state index contributed by atoms with van der Waals surface area (Å²) in [6.45, 7) is 0.600. The molecule has 3 rings (SSSR count). The number of nitrogens with one attached hydrogen (secondary N) is 2. The van der Waals surface area contributed by atoms with Gasteiger partial charge in [0.15, 0.2) is 0 Å². The molecule has 7 heteroatoms. The number of rotatable bonds is 5. The molecule has 0 aromatic heterocycles. The number of ether oxygens (including phenoxy) is 2. The summed E-state index contributed by atoms with van der Waals surface area (Å²) < 4.78 is 10.5. The lowest BCUT2D eigenvalue weighted by Gasteiger charge is -2.12. The van der Waals surface area contributed by atoms with E-state index in [1.807, 2.05) is 0 Å². The van der Waals surface area contributed by atoms with Crippen LogP contribution in [0.3, 0.4) is 0 Å². The molecule has 2 aromatic carbocycles. The Labute approximate surface area is 151 Å². The summed E-state index contributed by atoms with van der Waals surface area (Å²) in [6, 6.07) is 11.7. The van der Waals surface area contributed by atoms with Gasteiger partial charge in [-0.1, -0.05) is 6.07 Å². The fraction of sp³-hybridized carbons (Fsp3) is 0.263. The molecule has 1 aliphatic rings. The Hall–Kier alpha value is -3.06. The minimum atomic E-state index is -0.427.